The molecule has 0 amide bonds. The number of rotatable bonds is 5. The molecule has 0 radical (unpaired) electrons. The van der Waals surface area contributed by atoms with Crippen molar-refractivity contribution in [3.05, 3.63) is 58.7 Å². The fourth-order valence-corrected chi connectivity index (χ4v) is 2.57. The van der Waals surface area contributed by atoms with Crippen molar-refractivity contribution >= 4 is 6.21 Å². The van der Waals surface area contributed by atoms with Crippen molar-refractivity contribution in [3.63, 3.8) is 0 Å². The second-order valence-electron chi connectivity index (χ2n) is 6.57. The van der Waals surface area contributed by atoms with Gasteiger partial charge in [0, 0.05) is 6.21 Å². The van der Waals surface area contributed by atoms with E-state index in [1.165, 1.54) is 42.2 Å². The second-order valence-corrected chi connectivity index (χ2v) is 6.57. The van der Waals surface area contributed by atoms with Crippen LogP contribution in [-0.4, -0.2) is 6.21 Å². The Hall–Kier alpha value is -1.63. The van der Waals surface area contributed by atoms with Gasteiger partial charge < -0.3 is 5.41 Å². The molecule has 0 heterocycles. The molecule has 0 aromatic rings. The summed E-state index contributed by atoms with van der Waals surface area (Å²) in [7, 11) is 0. The Balaban J connectivity index is 2.76. The average molecular weight is 283 g/mol. The summed E-state index contributed by atoms with van der Waals surface area (Å²) in [5.74, 6) is 0. The maximum Gasteiger partial charge on any atom is 0.0180 e. The zero-order chi connectivity index (χ0) is 15.9. The lowest BCUT2D eigenvalue weighted by Gasteiger charge is -2.32. The van der Waals surface area contributed by atoms with E-state index in [1.807, 2.05) is 19.1 Å². The normalized spacial score (nSPS) is 20.6. The number of allylic oxidation sites excluding steroid dienone is 10. The molecule has 0 aliphatic heterocycles. The molecule has 0 saturated heterocycles. The lowest BCUT2D eigenvalue weighted by molar-refractivity contribution is 0.370. The molecule has 1 heteroatoms. The molecule has 0 spiro atoms. The van der Waals surface area contributed by atoms with Gasteiger partial charge in [-0.3, -0.25) is 0 Å². The Bertz CT molecular complexity index is 522. The van der Waals surface area contributed by atoms with Crippen LogP contribution in [0.15, 0.2) is 58.7 Å². The van der Waals surface area contributed by atoms with Crippen LogP contribution in [0.5, 0.6) is 0 Å². The predicted molar refractivity (Wildman–Crippen MR) is 94.9 cm³/mol. The van der Waals surface area contributed by atoms with Crippen LogP contribution in [0.3, 0.4) is 0 Å². The summed E-state index contributed by atoms with van der Waals surface area (Å²) in [6, 6.07) is 0. The van der Waals surface area contributed by atoms with Gasteiger partial charge in [0.05, 0.1) is 0 Å². The molecule has 0 unspecified atom stereocenters. The third-order valence-electron chi connectivity index (χ3n) is 4.36. The smallest absolute Gasteiger partial charge is 0.0180 e. The predicted octanol–water partition coefficient (Wildman–Crippen LogP) is 6.17. The zero-order valence-corrected chi connectivity index (χ0v) is 14.2. The lowest BCUT2D eigenvalue weighted by Crippen LogP contribution is -2.18. The topological polar surface area (TPSA) is 23.9 Å². The van der Waals surface area contributed by atoms with Crippen LogP contribution in [0, 0.1) is 10.8 Å². The van der Waals surface area contributed by atoms with Crippen LogP contribution in [0.1, 0.15) is 53.9 Å². The van der Waals surface area contributed by atoms with Gasteiger partial charge in [-0.1, -0.05) is 55.4 Å². The highest BCUT2D eigenvalue weighted by atomic mass is 14.3. The zero-order valence-electron chi connectivity index (χ0n) is 14.2. The summed E-state index contributed by atoms with van der Waals surface area (Å²) in [5, 5.41) is 7.02. The van der Waals surface area contributed by atoms with Crippen LogP contribution in [-0.2, 0) is 0 Å². The highest BCUT2D eigenvalue weighted by Crippen LogP contribution is 2.40. The minimum Gasteiger partial charge on any atom is -0.309 e. The third kappa shape index (κ3) is 5.71. The maximum absolute atomic E-state index is 7.02. The summed E-state index contributed by atoms with van der Waals surface area (Å²) in [4.78, 5) is 0. The molecule has 1 aliphatic rings. The first kappa shape index (κ1) is 17.4. The van der Waals surface area contributed by atoms with Crippen molar-refractivity contribution in [3.8, 4) is 0 Å². The van der Waals surface area contributed by atoms with E-state index in [0.717, 1.165) is 5.57 Å². The summed E-state index contributed by atoms with van der Waals surface area (Å²) in [5.41, 5.74) is 5.73. The molecule has 1 N–H and O–H groups in total. The monoisotopic (exact) mass is 283 g/mol. The molecule has 0 bridgehead atoms. The van der Waals surface area contributed by atoms with Gasteiger partial charge >= 0.3 is 0 Å². The fraction of sp³-hybridized carbons (Fsp3) is 0.450. The van der Waals surface area contributed by atoms with Gasteiger partial charge in [-0.05, 0) is 62.7 Å². The quantitative estimate of drug-likeness (QED) is 0.461. The van der Waals surface area contributed by atoms with Crippen molar-refractivity contribution < 1.29 is 0 Å². The first-order valence-corrected chi connectivity index (χ1v) is 7.77. The van der Waals surface area contributed by atoms with Gasteiger partial charge in [-0.2, -0.15) is 0 Å². The molecule has 1 nitrogen and oxygen atoms in total. The second kappa shape index (κ2) is 7.97. The Kier molecular flexibility index (Phi) is 6.61. The van der Waals surface area contributed by atoms with Crippen molar-refractivity contribution in [2.75, 3.05) is 0 Å². The lowest BCUT2D eigenvalue weighted by atomic mass is 9.73. The largest absolute Gasteiger partial charge is 0.309 e. The van der Waals surface area contributed by atoms with Gasteiger partial charge in [-0.25, -0.2) is 0 Å². The van der Waals surface area contributed by atoms with E-state index in [4.69, 9.17) is 5.41 Å². The highest BCUT2D eigenvalue weighted by molar-refractivity contribution is 5.69. The van der Waals surface area contributed by atoms with E-state index < -0.39 is 0 Å². The van der Waals surface area contributed by atoms with Crippen molar-refractivity contribution in [2.24, 2.45) is 5.41 Å². The van der Waals surface area contributed by atoms with Crippen LogP contribution >= 0.6 is 0 Å². The SMILES string of the molecule is CC1=C(/C=C/C(C)=C/C=C\C(C)=C\C=N)CCCC1(C)C. The molecule has 114 valence electrons. The van der Waals surface area contributed by atoms with E-state index >= 15 is 0 Å². The summed E-state index contributed by atoms with van der Waals surface area (Å²) >= 11 is 0. The molecular weight excluding hydrogens is 254 g/mol. The van der Waals surface area contributed by atoms with E-state index in [9.17, 15) is 0 Å². The number of hydrogen-bond acceptors (Lipinski definition) is 1. The van der Waals surface area contributed by atoms with Crippen molar-refractivity contribution in [1.29, 1.82) is 5.41 Å². The Morgan fingerprint density at radius 3 is 2.43 bits per heavy atom. The van der Waals surface area contributed by atoms with Crippen molar-refractivity contribution in [2.45, 2.75) is 53.9 Å². The molecule has 0 aromatic carbocycles. The Labute approximate surface area is 130 Å². The summed E-state index contributed by atoms with van der Waals surface area (Å²) in [6.45, 7) is 11.1. The summed E-state index contributed by atoms with van der Waals surface area (Å²) < 4.78 is 0. The number of nitrogens with one attached hydrogen (secondary N) is 1. The van der Waals surface area contributed by atoms with E-state index in [2.05, 4.69) is 45.9 Å². The van der Waals surface area contributed by atoms with Gasteiger partial charge in [0.25, 0.3) is 0 Å². The first-order chi connectivity index (χ1) is 9.86. The molecule has 0 saturated carbocycles. The number of hydrogen-bond donors (Lipinski definition) is 1. The standard InChI is InChI=1S/C20H29N/c1-16(8-6-9-17(2)13-15-21)11-12-19-10-7-14-20(4,5)18(19)3/h6,8-9,11-13,15,21H,7,10,14H2,1-5H3/b9-6-,12-11+,16-8+,17-13+,21-15?. The first-order valence-electron chi connectivity index (χ1n) is 7.77. The minimum absolute atomic E-state index is 0.351. The van der Waals surface area contributed by atoms with Crippen LogP contribution in [0.2, 0.25) is 0 Å². The van der Waals surface area contributed by atoms with Gasteiger partial charge in [-0.15, -0.1) is 0 Å². The average Bonchev–Trinajstić information content (AvgIpc) is 2.41. The van der Waals surface area contributed by atoms with Crippen LogP contribution in [0.4, 0.5) is 0 Å². The Morgan fingerprint density at radius 1 is 1.10 bits per heavy atom. The van der Waals surface area contributed by atoms with E-state index in [1.54, 1.807) is 6.08 Å². The fourth-order valence-electron chi connectivity index (χ4n) is 2.57. The van der Waals surface area contributed by atoms with E-state index in [-0.39, 0.29) is 0 Å². The van der Waals surface area contributed by atoms with Crippen LogP contribution in [0.25, 0.3) is 0 Å². The highest BCUT2D eigenvalue weighted by Gasteiger charge is 2.25. The molecule has 0 atom stereocenters. The third-order valence-corrected chi connectivity index (χ3v) is 4.36. The Morgan fingerprint density at radius 2 is 1.76 bits per heavy atom. The maximum atomic E-state index is 7.02. The van der Waals surface area contributed by atoms with Crippen molar-refractivity contribution in [1.82, 2.24) is 0 Å². The molecule has 1 rings (SSSR count). The van der Waals surface area contributed by atoms with Gasteiger partial charge in [0.2, 0.25) is 0 Å². The van der Waals surface area contributed by atoms with Gasteiger partial charge in [0.15, 0.2) is 0 Å². The molecule has 0 fully saturated rings. The minimum atomic E-state index is 0.351. The molecule has 0 aromatic heterocycles. The summed E-state index contributed by atoms with van der Waals surface area (Å²) in [6.07, 6.45) is 17.6. The van der Waals surface area contributed by atoms with Gasteiger partial charge in [0.1, 0.15) is 0 Å². The molecular formula is C20H29N. The molecule has 21 heavy (non-hydrogen) atoms. The molecule has 1 aliphatic carbocycles. The van der Waals surface area contributed by atoms with E-state index in [0.29, 0.717) is 5.41 Å². The van der Waals surface area contributed by atoms with Crippen LogP contribution < -0.4 is 0 Å².